The number of rotatable bonds is 9. The highest BCUT2D eigenvalue weighted by Gasteiger charge is 2.49. The van der Waals surface area contributed by atoms with Crippen LogP contribution >= 0.6 is 15.9 Å². The van der Waals surface area contributed by atoms with Gasteiger partial charge in [-0.25, -0.2) is 0 Å². The van der Waals surface area contributed by atoms with Crippen LogP contribution in [0.1, 0.15) is 25.0 Å². The molecule has 3 rings (SSSR count). The molecule has 0 N–H and O–H groups in total. The van der Waals surface area contributed by atoms with Crippen molar-refractivity contribution in [2.75, 3.05) is 6.61 Å². The molecule has 0 unspecified atom stereocenters. The van der Waals surface area contributed by atoms with Crippen molar-refractivity contribution in [3.8, 4) is 0 Å². The lowest BCUT2D eigenvalue weighted by atomic mass is 9.99. The van der Waals surface area contributed by atoms with Crippen LogP contribution < -0.4 is 0 Å². The summed E-state index contributed by atoms with van der Waals surface area (Å²) in [4.78, 5) is 23.2. The summed E-state index contributed by atoms with van der Waals surface area (Å²) in [5.74, 6) is -0.944. The summed E-state index contributed by atoms with van der Waals surface area (Å²) >= 11 is 3.53. The average molecular weight is 507 g/mol. The number of hydrogen-bond acceptors (Lipinski definition) is 7. The number of halogens is 1. The number of alkyl halides is 1. The molecule has 0 aliphatic carbocycles. The molecule has 1 aliphatic rings. The van der Waals surface area contributed by atoms with E-state index < -0.39 is 41.4 Å². The largest absolute Gasteiger partial charge is 0.463 e. The van der Waals surface area contributed by atoms with E-state index >= 15 is 0 Å². The van der Waals surface area contributed by atoms with Gasteiger partial charge in [0.1, 0.15) is 29.9 Å². The first-order chi connectivity index (χ1) is 15.4. The molecular weight excluding hydrogens is 480 g/mol. The molecule has 1 heterocycles. The molecule has 0 saturated carbocycles. The monoisotopic (exact) mass is 506 g/mol. The quantitative estimate of drug-likeness (QED) is 0.378. The topological polar surface area (TPSA) is 80.3 Å². The van der Waals surface area contributed by atoms with Crippen molar-refractivity contribution in [3.05, 3.63) is 71.8 Å². The molecule has 5 atom stereocenters. The number of hydrogen-bond donors (Lipinski definition) is 0. The highest BCUT2D eigenvalue weighted by molar-refractivity contribution is 9.09. The third kappa shape index (κ3) is 7.13. The van der Waals surface area contributed by atoms with Crippen molar-refractivity contribution in [1.82, 2.24) is 0 Å². The molecule has 0 amide bonds. The SMILES string of the molecule is CC(=O)OC[C@H]1O[C@@H](Br)[C@H](OCc2ccccc2)[C@@H](OCc2ccccc2)[C@@H]1OC(C)=O. The van der Waals surface area contributed by atoms with Crippen LogP contribution in [0, 0.1) is 0 Å². The smallest absolute Gasteiger partial charge is 0.303 e. The lowest BCUT2D eigenvalue weighted by Crippen LogP contribution is -2.60. The van der Waals surface area contributed by atoms with Gasteiger partial charge in [-0.3, -0.25) is 9.59 Å². The van der Waals surface area contributed by atoms with Gasteiger partial charge in [-0.1, -0.05) is 76.6 Å². The van der Waals surface area contributed by atoms with Crippen molar-refractivity contribution in [3.63, 3.8) is 0 Å². The third-order valence-electron chi connectivity index (χ3n) is 4.90. The minimum Gasteiger partial charge on any atom is -0.463 e. The van der Waals surface area contributed by atoms with Gasteiger partial charge in [0, 0.05) is 13.8 Å². The van der Waals surface area contributed by atoms with Crippen LogP contribution in [0.4, 0.5) is 0 Å². The van der Waals surface area contributed by atoms with Gasteiger partial charge in [0.15, 0.2) is 6.10 Å². The molecule has 0 radical (unpaired) electrons. The van der Waals surface area contributed by atoms with Gasteiger partial charge in [0.05, 0.1) is 13.2 Å². The second-order valence-corrected chi connectivity index (χ2v) is 8.33. The molecule has 1 saturated heterocycles. The van der Waals surface area contributed by atoms with Crippen molar-refractivity contribution in [2.45, 2.75) is 56.5 Å². The van der Waals surface area contributed by atoms with Crippen LogP contribution in [-0.4, -0.2) is 48.0 Å². The predicted molar refractivity (Wildman–Crippen MR) is 120 cm³/mol. The summed E-state index contributed by atoms with van der Waals surface area (Å²) in [5.41, 5.74) is 1.95. The van der Waals surface area contributed by atoms with Crippen LogP contribution in [0.25, 0.3) is 0 Å². The van der Waals surface area contributed by atoms with E-state index in [1.165, 1.54) is 13.8 Å². The summed E-state index contributed by atoms with van der Waals surface area (Å²) < 4.78 is 29.1. The number of carbonyl (C=O) groups is 2. The van der Waals surface area contributed by atoms with Crippen molar-refractivity contribution >= 4 is 27.9 Å². The Balaban J connectivity index is 1.82. The molecule has 1 fully saturated rings. The maximum atomic E-state index is 11.9. The Bertz CT molecular complexity index is 861. The van der Waals surface area contributed by atoms with E-state index in [2.05, 4.69) is 15.9 Å². The standard InChI is InChI=1S/C24H27BrO7/c1-16(26)28-15-20-21(31-17(2)27)22(29-13-18-9-5-3-6-10-18)23(24(25)32-20)30-14-19-11-7-4-8-12-19/h3-12,20-24H,13-15H2,1-2H3/t20-,21-,22+,23-,24-/m1/s1. The lowest BCUT2D eigenvalue weighted by molar-refractivity contribution is -0.245. The van der Waals surface area contributed by atoms with E-state index in [-0.39, 0.29) is 13.2 Å². The summed E-state index contributed by atoms with van der Waals surface area (Å²) in [6.07, 6.45) is -2.80. The van der Waals surface area contributed by atoms with Crippen molar-refractivity contribution < 1.29 is 33.3 Å². The van der Waals surface area contributed by atoms with Crippen LogP contribution in [0.2, 0.25) is 0 Å². The average Bonchev–Trinajstić information content (AvgIpc) is 2.78. The zero-order chi connectivity index (χ0) is 22.9. The summed E-state index contributed by atoms with van der Waals surface area (Å²) in [5, 5.41) is -0.570. The second kappa shape index (κ2) is 12.1. The van der Waals surface area contributed by atoms with Crippen LogP contribution in [0.5, 0.6) is 0 Å². The van der Waals surface area contributed by atoms with E-state index in [0.29, 0.717) is 6.61 Å². The molecule has 172 valence electrons. The summed E-state index contributed by atoms with van der Waals surface area (Å²) in [6, 6.07) is 19.4. The van der Waals surface area contributed by atoms with E-state index in [1.54, 1.807) is 0 Å². The fraction of sp³-hybridized carbons (Fsp3) is 0.417. The number of benzene rings is 2. The van der Waals surface area contributed by atoms with Gasteiger partial charge >= 0.3 is 11.9 Å². The Labute approximate surface area is 196 Å². The predicted octanol–water partition coefficient (Wildman–Crippen LogP) is 3.77. The highest BCUT2D eigenvalue weighted by Crippen LogP contribution is 2.32. The molecule has 2 aromatic carbocycles. The van der Waals surface area contributed by atoms with Gasteiger partial charge in [-0.05, 0) is 11.1 Å². The van der Waals surface area contributed by atoms with Gasteiger partial charge in [0.2, 0.25) is 0 Å². The number of carbonyl (C=O) groups excluding carboxylic acids is 2. The molecule has 0 spiro atoms. The molecule has 1 aliphatic heterocycles. The van der Waals surface area contributed by atoms with Crippen LogP contribution in [0.15, 0.2) is 60.7 Å². The lowest BCUT2D eigenvalue weighted by Gasteiger charge is -2.43. The zero-order valence-electron chi connectivity index (χ0n) is 18.0. The molecular formula is C24H27BrO7. The minimum atomic E-state index is -0.829. The van der Waals surface area contributed by atoms with Crippen molar-refractivity contribution in [2.24, 2.45) is 0 Å². The first-order valence-electron chi connectivity index (χ1n) is 10.3. The summed E-state index contributed by atoms with van der Waals surface area (Å²) in [6.45, 7) is 3.16. The summed E-state index contributed by atoms with van der Waals surface area (Å²) in [7, 11) is 0. The van der Waals surface area contributed by atoms with Gasteiger partial charge < -0.3 is 23.7 Å². The van der Waals surface area contributed by atoms with Crippen LogP contribution in [0.3, 0.4) is 0 Å². The van der Waals surface area contributed by atoms with E-state index in [0.717, 1.165) is 11.1 Å². The minimum absolute atomic E-state index is 0.0774. The third-order valence-corrected chi connectivity index (χ3v) is 5.64. The Morgan fingerprint density at radius 2 is 1.34 bits per heavy atom. The van der Waals surface area contributed by atoms with E-state index in [9.17, 15) is 9.59 Å². The highest BCUT2D eigenvalue weighted by atomic mass is 79.9. The molecule has 8 heteroatoms. The maximum absolute atomic E-state index is 11.9. The Morgan fingerprint density at radius 3 is 1.84 bits per heavy atom. The Hall–Kier alpha value is -2.26. The molecule has 0 aromatic heterocycles. The van der Waals surface area contributed by atoms with Crippen molar-refractivity contribution in [1.29, 1.82) is 0 Å². The first kappa shape index (κ1) is 24.4. The van der Waals surface area contributed by atoms with Gasteiger partial charge in [0.25, 0.3) is 0 Å². The zero-order valence-corrected chi connectivity index (χ0v) is 19.6. The van der Waals surface area contributed by atoms with Crippen LogP contribution in [-0.2, 0) is 46.5 Å². The van der Waals surface area contributed by atoms with Gasteiger partial charge in [-0.15, -0.1) is 0 Å². The fourth-order valence-corrected chi connectivity index (χ4v) is 4.16. The molecule has 32 heavy (non-hydrogen) atoms. The molecule has 2 aromatic rings. The van der Waals surface area contributed by atoms with E-state index in [1.807, 2.05) is 60.7 Å². The molecule has 7 nitrogen and oxygen atoms in total. The Kier molecular flexibility index (Phi) is 9.23. The molecule has 0 bridgehead atoms. The maximum Gasteiger partial charge on any atom is 0.303 e. The normalized spacial score (nSPS) is 25.2. The number of ether oxygens (including phenoxy) is 5. The second-order valence-electron chi connectivity index (χ2n) is 7.42. The fourth-order valence-electron chi connectivity index (χ4n) is 3.43. The van der Waals surface area contributed by atoms with Gasteiger partial charge in [-0.2, -0.15) is 0 Å². The Morgan fingerprint density at radius 1 is 0.812 bits per heavy atom. The van der Waals surface area contributed by atoms with E-state index in [4.69, 9.17) is 23.7 Å². The number of esters is 2. The first-order valence-corrected chi connectivity index (χ1v) is 11.3.